The number of nitrogens with zero attached hydrogens (tertiary/aromatic N) is 1. The van der Waals surface area contributed by atoms with Gasteiger partial charge in [0.1, 0.15) is 17.9 Å². The van der Waals surface area contributed by atoms with Crippen LogP contribution in [0.25, 0.3) is 11.0 Å². The molecule has 0 N–H and O–H groups in total. The second kappa shape index (κ2) is 10.5. The largest absolute Gasteiger partial charge is 0.493 e. The zero-order chi connectivity index (χ0) is 26.8. The van der Waals surface area contributed by atoms with Crippen LogP contribution >= 0.6 is 0 Å². The maximum Gasteiger partial charge on any atom is 0.290 e. The third-order valence-corrected chi connectivity index (χ3v) is 6.75. The number of ether oxygens (including phenoxy) is 3. The van der Waals surface area contributed by atoms with Gasteiger partial charge in [-0.3, -0.25) is 9.59 Å². The second-order valence-electron chi connectivity index (χ2n) is 9.19. The van der Waals surface area contributed by atoms with Crippen LogP contribution in [-0.2, 0) is 6.42 Å². The van der Waals surface area contributed by atoms with Gasteiger partial charge in [-0.2, -0.15) is 0 Å². The molecule has 7 heteroatoms. The molecular formula is C31H29NO6. The van der Waals surface area contributed by atoms with E-state index in [0.29, 0.717) is 53.4 Å². The molecule has 1 atom stereocenters. The Hall–Kier alpha value is -4.52. The molecule has 3 aromatic carbocycles. The molecule has 0 fully saturated rings. The molecule has 0 radical (unpaired) electrons. The van der Waals surface area contributed by atoms with E-state index in [2.05, 4.69) is 6.58 Å². The molecule has 1 amide bonds. The number of carbonyl (C=O) groups excluding carboxylic acids is 1. The number of aryl methyl sites for hydroxylation is 1. The minimum Gasteiger partial charge on any atom is -0.493 e. The summed E-state index contributed by atoms with van der Waals surface area (Å²) in [5.41, 5.74) is 3.22. The quantitative estimate of drug-likeness (QED) is 0.277. The van der Waals surface area contributed by atoms with E-state index in [1.54, 1.807) is 37.3 Å². The molecule has 5 rings (SSSR count). The van der Waals surface area contributed by atoms with Crippen LogP contribution in [0, 0.1) is 6.92 Å². The van der Waals surface area contributed by atoms with E-state index in [-0.39, 0.29) is 17.1 Å². The topological polar surface area (TPSA) is 78.2 Å². The van der Waals surface area contributed by atoms with Crippen LogP contribution in [0.2, 0.25) is 0 Å². The van der Waals surface area contributed by atoms with Crippen molar-refractivity contribution in [2.75, 3.05) is 27.4 Å². The first-order chi connectivity index (χ1) is 18.4. The molecule has 1 aromatic heterocycles. The highest BCUT2D eigenvalue weighted by molar-refractivity contribution is 5.99. The van der Waals surface area contributed by atoms with Crippen LogP contribution in [0.5, 0.6) is 17.2 Å². The molecular weight excluding hydrogens is 482 g/mol. The fourth-order valence-corrected chi connectivity index (χ4v) is 4.93. The van der Waals surface area contributed by atoms with E-state index in [9.17, 15) is 9.59 Å². The number of amides is 1. The molecule has 0 saturated heterocycles. The van der Waals surface area contributed by atoms with Crippen molar-refractivity contribution in [3.8, 4) is 17.2 Å². The molecule has 0 aliphatic carbocycles. The Morgan fingerprint density at radius 3 is 2.58 bits per heavy atom. The molecule has 0 bridgehead atoms. The maximum absolute atomic E-state index is 13.8. The van der Waals surface area contributed by atoms with Crippen LogP contribution in [-0.4, -0.2) is 38.2 Å². The predicted molar refractivity (Wildman–Crippen MR) is 145 cm³/mol. The number of methoxy groups -OCH3 is 2. The Bertz CT molecular complexity index is 1590. The number of benzene rings is 3. The zero-order valence-corrected chi connectivity index (χ0v) is 21.7. The van der Waals surface area contributed by atoms with Crippen LogP contribution in [0.4, 0.5) is 0 Å². The number of hydrogen-bond donors (Lipinski definition) is 0. The lowest BCUT2D eigenvalue weighted by atomic mass is 9.97. The van der Waals surface area contributed by atoms with Gasteiger partial charge in [0.15, 0.2) is 16.9 Å². The normalized spacial score (nSPS) is 14.4. The van der Waals surface area contributed by atoms with E-state index < -0.39 is 6.04 Å². The van der Waals surface area contributed by atoms with Gasteiger partial charge in [0.2, 0.25) is 5.76 Å². The van der Waals surface area contributed by atoms with Gasteiger partial charge in [-0.1, -0.05) is 42.5 Å². The molecule has 4 aromatic rings. The highest BCUT2D eigenvalue weighted by Gasteiger charge is 2.42. The van der Waals surface area contributed by atoms with Gasteiger partial charge in [-0.05, 0) is 60.9 Å². The van der Waals surface area contributed by atoms with E-state index in [4.69, 9.17) is 18.6 Å². The lowest BCUT2D eigenvalue weighted by molar-refractivity contribution is 0.0730. The second-order valence-corrected chi connectivity index (χ2v) is 9.19. The molecule has 1 aliphatic rings. The first-order valence-corrected chi connectivity index (χ1v) is 12.4. The molecule has 1 unspecified atom stereocenters. The van der Waals surface area contributed by atoms with Gasteiger partial charge >= 0.3 is 0 Å². The lowest BCUT2D eigenvalue weighted by Crippen LogP contribution is -2.31. The van der Waals surface area contributed by atoms with E-state index in [0.717, 1.165) is 16.7 Å². The van der Waals surface area contributed by atoms with Crippen LogP contribution < -0.4 is 19.6 Å². The third kappa shape index (κ3) is 4.52. The van der Waals surface area contributed by atoms with Gasteiger partial charge in [-0.15, -0.1) is 0 Å². The van der Waals surface area contributed by atoms with Crippen molar-refractivity contribution < 1.29 is 23.4 Å². The average molecular weight is 512 g/mol. The van der Waals surface area contributed by atoms with Crippen LogP contribution in [0.1, 0.15) is 38.9 Å². The summed E-state index contributed by atoms with van der Waals surface area (Å²) in [6.07, 6.45) is 2.20. The van der Waals surface area contributed by atoms with Crippen molar-refractivity contribution >= 4 is 16.9 Å². The summed E-state index contributed by atoms with van der Waals surface area (Å²) in [4.78, 5) is 29.3. The minimum atomic E-state index is -0.619. The summed E-state index contributed by atoms with van der Waals surface area (Å²) in [6.45, 7) is 6.33. The van der Waals surface area contributed by atoms with Crippen molar-refractivity contribution in [1.29, 1.82) is 0 Å². The van der Waals surface area contributed by atoms with Gasteiger partial charge in [0.05, 0.1) is 31.2 Å². The first-order valence-electron chi connectivity index (χ1n) is 12.4. The summed E-state index contributed by atoms with van der Waals surface area (Å²) in [7, 11) is 3.17. The van der Waals surface area contributed by atoms with Crippen molar-refractivity contribution in [3.63, 3.8) is 0 Å². The van der Waals surface area contributed by atoms with Crippen LogP contribution in [0.15, 0.2) is 82.5 Å². The summed E-state index contributed by atoms with van der Waals surface area (Å²) in [5.74, 6) is 1.64. The molecule has 38 heavy (non-hydrogen) atoms. The standard InChI is InChI=1S/C31H29NO6/c1-5-15-37-22-8-6-7-21(18-22)28-27-29(33)23-16-19(2)9-11-24(23)38-30(27)31(34)32(28)14-13-20-10-12-25(35-3)26(17-20)36-4/h5-12,16-18,28H,1,13-15H2,2-4H3. The number of carbonyl (C=O) groups is 1. The SMILES string of the molecule is C=CCOc1cccc(C2c3c(oc4ccc(C)cc4c3=O)C(=O)N2CCc2ccc(OC)c(OC)c2)c1. The number of hydrogen-bond acceptors (Lipinski definition) is 6. The van der Waals surface area contributed by atoms with E-state index in [1.165, 1.54) is 0 Å². The highest BCUT2D eigenvalue weighted by Crippen LogP contribution is 2.39. The Morgan fingerprint density at radius 2 is 1.82 bits per heavy atom. The van der Waals surface area contributed by atoms with Gasteiger partial charge in [0, 0.05) is 6.54 Å². The predicted octanol–water partition coefficient (Wildman–Crippen LogP) is 5.47. The zero-order valence-electron chi connectivity index (χ0n) is 21.7. The average Bonchev–Trinajstić information content (AvgIpc) is 3.22. The molecule has 0 saturated carbocycles. The summed E-state index contributed by atoms with van der Waals surface area (Å²) < 4.78 is 22.6. The Morgan fingerprint density at radius 1 is 1.00 bits per heavy atom. The maximum atomic E-state index is 13.8. The number of fused-ring (bicyclic) bond motifs is 2. The molecule has 194 valence electrons. The van der Waals surface area contributed by atoms with Crippen molar-refractivity contribution in [2.24, 2.45) is 0 Å². The van der Waals surface area contributed by atoms with Crippen LogP contribution in [0.3, 0.4) is 0 Å². The fourth-order valence-electron chi connectivity index (χ4n) is 4.93. The smallest absolute Gasteiger partial charge is 0.290 e. The highest BCUT2D eigenvalue weighted by atomic mass is 16.5. The minimum absolute atomic E-state index is 0.0843. The van der Waals surface area contributed by atoms with E-state index in [1.807, 2.05) is 55.5 Å². The third-order valence-electron chi connectivity index (χ3n) is 6.75. The van der Waals surface area contributed by atoms with Gasteiger partial charge in [-0.25, -0.2) is 0 Å². The molecule has 7 nitrogen and oxygen atoms in total. The van der Waals surface area contributed by atoms with Crippen molar-refractivity contribution in [3.05, 3.63) is 112 Å². The first kappa shape index (κ1) is 25.1. The summed E-state index contributed by atoms with van der Waals surface area (Å²) in [6, 6.07) is 17.9. The van der Waals surface area contributed by atoms with Crippen molar-refractivity contribution in [2.45, 2.75) is 19.4 Å². The Kier molecular flexibility index (Phi) is 6.92. The molecule has 2 heterocycles. The summed E-state index contributed by atoms with van der Waals surface area (Å²) in [5, 5.41) is 0.461. The summed E-state index contributed by atoms with van der Waals surface area (Å²) >= 11 is 0. The fraction of sp³-hybridized carbons (Fsp3) is 0.226. The Labute approximate surface area is 220 Å². The lowest BCUT2D eigenvalue weighted by Gasteiger charge is -2.25. The van der Waals surface area contributed by atoms with Gasteiger partial charge in [0.25, 0.3) is 5.91 Å². The Balaban J connectivity index is 1.59. The van der Waals surface area contributed by atoms with E-state index >= 15 is 0 Å². The monoisotopic (exact) mass is 511 g/mol. The molecule has 0 spiro atoms. The molecule has 1 aliphatic heterocycles. The number of rotatable bonds is 9. The van der Waals surface area contributed by atoms with Crippen molar-refractivity contribution in [1.82, 2.24) is 4.90 Å². The van der Waals surface area contributed by atoms with Gasteiger partial charge < -0.3 is 23.5 Å².